The molecule has 2 aromatic carbocycles. The maximum atomic E-state index is 11.2. The quantitative estimate of drug-likeness (QED) is 0.732. The number of phenolic OH excluding ortho intramolecular Hbond substituents is 1. The minimum atomic E-state index is -0.508. The van der Waals surface area contributed by atoms with Gasteiger partial charge < -0.3 is 15.1 Å². The van der Waals surface area contributed by atoms with Crippen LogP contribution >= 0.6 is 0 Å². The van der Waals surface area contributed by atoms with Gasteiger partial charge in [-0.3, -0.25) is 0 Å². The molecule has 0 radical (unpaired) electrons. The molecule has 0 aromatic heterocycles. The Morgan fingerprint density at radius 2 is 1.83 bits per heavy atom. The van der Waals surface area contributed by atoms with E-state index in [4.69, 9.17) is 0 Å². The summed E-state index contributed by atoms with van der Waals surface area (Å²) < 4.78 is 0. The summed E-state index contributed by atoms with van der Waals surface area (Å²) in [6.07, 6.45) is 7.82. The van der Waals surface area contributed by atoms with E-state index >= 15 is 0 Å². The Kier molecular flexibility index (Phi) is 5.37. The van der Waals surface area contributed by atoms with E-state index in [1.54, 1.807) is 0 Å². The van der Waals surface area contributed by atoms with Crippen molar-refractivity contribution in [3.05, 3.63) is 59.2 Å². The zero-order valence-electron chi connectivity index (χ0n) is 18.1. The Morgan fingerprint density at radius 1 is 1.07 bits per heavy atom. The number of phenols is 1. The molecule has 0 saturated heterocycles. The molecule has 0 bridgehead atoms. The second-order valence-electron chi connectivity index (χ2n) is 9.65. The predicted molar refractivity (Wildman–Crippen MR) is 120 cm³/mol. The van der Waals surface area contributed by atoms with Gasteiger partial charge in [-0.1, -0.05) is 31.5 Å². The first-order chi connectivity index (χ1) is 13.8. The van der Waals surface area contributed by atoms with Crippen molar-refractivity contribution in [2.75, 3.05) is 19.0 Å². The lowest BCUT2D eigenvalue weighted by Gasteiger charge is -2.53. The summed E-state index contributed by atoms with van der Waals surface area (Å²) in [5.41, 5.74) is 4.83. The topological polar surface area (TPSA) is 43.7 Å². The fourth-order valence-electron chi connectivity index (χ4n) is 6.05. The first kappa shape index (κ1) is 20.3. The Bertz CT molecular complexity index is 860. The van der Waals surface area contributed by atoms with E-state index in [2.05, 4.69) is 56.3 Å². The highest BCUT2D eigenvalue weighted by Gasteiger charge is 2.51. The normalized spacial score (nSPS) is 28.5. The fourth-order valence-corrected chi connectivity index (χ4v) is 6.05. The van der Waals surface area contributed by atoms with Crippen LogP contribution in [-0.2, 0) is 18.3 Å². The third-order valence-electron chi connectivity index (χ3n) is 7.52. The number of fused-ring (bicyclic) bond motifs is 3. The molecule has 4 rings (SSSR count). The van der Waals surface area contributed by atoms with Crippen LogP contribution < -0.4 is 4.90 Å². The van der Waals surface area contributed by atoms with E-state index in [-0.39, 0.29) is 5.41 Å². The number of benzene rings is 2. The number of rotatable bonds is 5. The van der Waals surface area contributed by atoms with Gasteiger partial charge >= 0.3 is 0 Å². The van der Waals surface area contributed by atoms with Crippen LogP contribution in [0.5, 0.6) is 5.75 Å². The molecule has 0 spiro atoms. The molecule has 1 unspecified atom stereocenters. The zero-order valence-corrected chi connectivity index (χ0v) is 18.1. The monoisotopic (exact) mass is 393 g/mol. The molecule has 3 atom stereocenters. The summed E-state index contributed by atoms with van der Waals surface area (Å²) in [4.78, 5) is 2.13. The summed E-state index contributed by atoms with van der Waals surface area (Å²) >= 11 is 0. The molecular weight excluding hydrogens is 358 g/mol. The number of hydrogen-bond donors (Lipinski definition) is 2. The third-order valence-corrected chi connectivity index (χ3v) is 7.52. The molecule has 1 fully saturated rings. The predicted octanol–water partition coefficient (Wildman–Crippen LogP) is 5.22. The van der Waals surface area contributed by atoms with Gasteiger partial charge in [0.1, 0.15) is 5.75 Å². The van der Waals surface area contributed by atoms with E-state index in [9.17, 15) is 10.2 Å². The largest absolute Gasteiger partial charge is 0.508 e. The van der Waals surface area contributed by atoms with Crippen molar-refractivity contribution in [2.45, 2.75) is 69.3 Å². The first-order valence-corrected chi connectivity index (χ1v) is 11.2. The van der Waals surface area contributed by atoms with Crippen LogP contribution in [0.3, 0.4) is 0 Å². The molecule has 0 aliphatic heterocycles. The van der Waals surface area contributed by atoms with Crippen molar-refractivity contribution in [1.82, 2.24) is 0 Å². The number of anilines is 1. The lowest BCUT2D eigenvalue weighted by atomic mass is 9.52. The van der Waals surface area contributed by atoms with Crippen LogP contribution in [0, 0.1) is 5.92 Å². The van der Waals surface area contributed by atoms with Gasteiger partial charge in [0.05, 0.1) is 5.60 Å². The summed E-state index contributed by atoms with van der Waals surface area (Å²) in [6, 6.07) is 14.9. The van der Waals surface area contributed by atoms with Crippen LogP contribution in [-0.4, -0.2) is 29.9 Å². The van der Waals surface area contributed by atoms with Crippen LogP contribution in [0.2, 0.25) is 0 Å². The summed E-state index contributed by atoms with van der Waals surface area (Å²) in [5, 5.41) is 21.3. The maximum absolute atomic E-state index is 11.2. The Morgan fingerprint density at radius 3 is 2.52 bits per heavy atom. The molecule has 0 heterocycles. The molecule has 2 aliphatic rings. The van der Waals surface area contributed by atoms with Gasteiger partial charge in [-0.2, -0.15) is 0 Å². The summed E-state index contributed by atoms with van der Waals surface area (Å²) in [5.74, 6) is 0.851. The SMILES string of the molecule is CCCC1(O)CC[C@@]2(Cc3ccc(N(C)C)cc3)c3ccc(O)cc3CC[C@H]2C1. The van der Waals surface area contributed by atoms with Crippen LogP contribution in [0.4, 0.5) is 5.69 Å². The van der Waals surface area contributed by atoms with E-state index in [1.807, 2.05) is 12.1 Å². The lowest BCUT2D eigenvalue weighted by molar-refractivity contribution is -0.0565. The molecule has 3 nitrogen and oxygen atoms in total. The number of hydrogen-bond acceptors (Lipinski definition) is 3. The summed E-state index contributed by atoms with van der Waals surface area (Å²) in [7, 11) is 4.15. The van der Waals surface area contributed by atoms with Crippen molar-refractivity contribution in [3.63, 3.8) is 0 Å². The molecule has 29 heavy (non-hydrogen) atoms. The third kappa shape index (κ3) is 3.77. The highest BCUT2D eigenvalue weighted by molar-refractivity contribution is 5.48. The zero-order chi connectivity index (χ0) is 20.6. The average Bonchev–Trinajstić information content (AvgIpc) is 2.69. The Balaban J connectivity index is 1.72. The van der Waals surface area contributed by atoms with Crippen LogP contribution in [0.25, 0.3) is 0 Å². The van der Waals surface area contributed by atoms with Gasteiger partial charge in [0.25, 0.3) is 0 Å². The minimum absolute atomic E-state index is 0.0564. The molecule has 3 heteroatoms. The van der Waals surface area contributed by atoms with E-state index in [0.29, 0.717) is 11.7 Å². The van der Waals surface area contributed by atoms with E-state index < -0.39 is 5.60 Å². The second kappa shape index (κ2) is 7.68. The standard InChI is InChI=1S/C26H35NO2/c1-4-13-25(29)14-15-26(17-19-5-9-22(10-6-19)27(2)3)21(18-25)8-7-20-16-23(28)11-12-24(20)26/h5-6,9-12,16,21,28-29H,4,7-8,13-15,17-18H2,1-3H3/t21-,25?,26-/m0/s1. The molecule has 2 N–H and O–H groups in total. The number of aromatic hydroxyl groups is 1. The van der Waals surface area contributed by atoms with Crippen molar-refractivity contribution >= 4 is 5.69 Å². The summed E-state index contributed by atoms with van der Waals surface area (Å²) in [6.45, 7) is 2.17. The molecule has 1 saturated carbocycles. The second-order valence-corrected chi connectivity index (χ2v) is 9.65. The van der Waals surface area contributed by atoms with Gasteiger partial charge in [0.15, 0.2) is 0 Å². The number of nitrogens with zero attached hydrogens (tertiary/aromatic N) is 1. The molecule has 0 amide bonds. The Labute approximate surface area is 175 Å². The van der Waals surface area contributed by atoms with Gasteiger partial charge in [0.2, 0.25) is 0 Å². The highest BCUT2D eigenvalue weighted by atomic mass is 16.3. The van der Waals surface area contributed by atoms with Gasteiger partial charge in [-0.05, 0) is 91.8 Å². The number of aryl methyl sites for hydroxylation is 1. The molecule has 2 aliphatic carbocycles. The van der Waals surface area contributed by atoms with Crippen LogP contribution in [0.15, 0.2) is 42.5 Å². The van der Waals surface area contributed by atoms with Gasteiger partial charge in [-0.15, -0.1) is 0 Å². The average molecular weight is 394 g/mol. The fraction of sp³-hybridized carbons (Fsp3) is 0.538. The highest BCUT2D eigenvalue weighted by Crippen LogP contribution is 2.55. The van der Waals surface area contributed by atoms with Crippen molar-refractivity contribution in [3.8, 4) is 5.75 Å². The van der Waals surface area contributed by atoms with E-state index in [1.165, 1.54) is 22.4 Å². The van der Waals surface area contributed by atoms with Gasteiger partial charge in [0, 0.05) is 25.2 Å². The number of aliphatic hydroxyl groups is 1. The maximum Gasteiger partial charge on any atom is 0.115 e. The van der Waals surface area contributed by atoms with Crippen molar-refractivity contribution in [1.29, 1.82) is 0 Å². The van der Waals surface area contributed by atoms with Gasteiger partial charge in [-0.25, -0.2) is 0 Å². The molecular formula is C26H35NO2. The van der Waals surface area contributed by atoms with E-state index in [0.717, 1.165) is 51.4 Å². The first-order valence-electron chi connectivity index (χ1n) is 11.2. The smallest absolute Gasteiger partial charge is 0.115 e. The van der Waals surface area contributed by atoms with Crippen LogP contribution in [0.1, 0.15) is 62.1 Å². The molecule has 2 aromatic rings. The Hall–Kier alpha value is -2.00. The van der Waals surface area contributed by atoms with Crippen molar-refractivity contribution < 1.29 is 10.2 Å². The van der Waals surface area contributed by atoms with Crippen molar-refractivity contribution in [2.24, 2.45) is 5.92 Å². The minimum Gasteiger partial charge on any atom is -0.508 e. The molecule has 156 valence electrons. The lowest BCUT2D eigenvalue weighted by Crippen LogP contribution is -2.51.